The lowest BCUT2D eigenvalue weighted by atomic mass is 9.87. The van der Waals surface area contributed by atoms with E-state index in [0.717, 1.165) is 12.5 Å². The third-order valence-corrected chi connectivity index (χ3v) is 3.71. The van der Waals surface area contributed by atoms with Crippen LogP contribution < -0.4 is 11.1 Å². The molecular weight excluding hydrogens is 160 g/mol. The van der Waals surface area contributed by atoms with Gasteiger partial charge in [0.15, 0.2) is 0 Å². The molecule has 1 fully saturated rings. The second kappa shape index (κ2) is 4.43. The maximum absolute atomic E-state index is 5.90. The Balaban J connectivity index is 2.58. The van der Waals surface area contributed by atoms with Crippen LogP contribution in [-0.4, -0.2) is 18.1 Å². The van der Waals surface area contributed by atoms with Crippen LogP contribution in [0.25, 0.3) is 0 Å². The fraction of sp³-hybridized carbons (Fsp3) is 1.00. The van der Waals surface area contributed by atoms with Gasteiger partial charge in [-0.2, -0.15) is 0 Å². The fourth-order valence-electron chi connectivity index (χ4n) is 2.42. The van der Waals surface area contributed by atoms with Gasteiger partial charge in [-0.3, -0.25) is 0 Å². The van der Waals surface area contributed by atoms with Gasteiger partial charge >= 0.3 is 0 Å². The van der Waals surface area contributed by atoms with Gasteiger partial charge in [-0.25, -0.2) is 0 Å². The molecule has 2 nitrogen and oxygen atoms in total. The van der Waals surface area contributed by atoms with Crippen molar-refractivity contribution >= 4 is 0 Å². The molecule has 0 aromatic carbocycles. The fourth-order valence-corrected chi connectivity index (χ4v) is 2.42. The minimum absolute atomic E-state index is 0.245. The lowest BCUT2D eigenvalue weighted by molar-refractivity contribution is 0.239. The second-order valence-electron chi connectivity index (χ2n) is 4.61. The van der Waals surface area contributed by atoms with Gasteiger partial charge in [-0.1, -0.05) is 20.3 Å². The summed E-state index contributed by atoms with van der Waals surface area (Å²) in [6, 6.07) is 0.601. The molecule has 0 bridgehead atoms. The van der Waals surface area contributed by atoms with Gasteiger partial charge in [0, 0.05) is 18.1 Å². The minimum Gasteiger partial charge on any atom is -0.329 e. The third-order valence-electron chi connectivity index (χ3n) is 3.71. The van der Waals surface area contributed by atoms with E-state index in [1.165, 1.54) is 25.7 Å². The molecule has 78 valence electrons. The molecule has 1 saturated carbocycles. The van der Waals surface area contributed by atoms with E-state index in [4.69, 9.17) is 5.73 Å². The van der Waals surface area contributed by atoms with Crippen LogP contribution in [0.3, 0.4) is 0 Å². The van der Waals surface area contributed by atoms with Gasteiger partial charge in [-0.15, -0.1) is 0 Å². The zero-order chi connectivity index (χ0) is 9.90. The van der Waals surface area contributed by atoms with Gasteiger partial charge < -0.3 is 11.1 Å². The van der Waals surface area contributed by atoms with Crippen LogP contribution >= 0.6 is 0 Å². The van der Waals surface area contributed by atoms with Gasteiger partial charge in [0.05, 0.1) is 0 Å². The Morgan fingerprint density at radius 2 is 2.31 bits per heavy atom. The first-order chi connectivity index (χ1) is 6.14. The Labute approximate surface area is 82.3 Å². The Morgan fingerprint density at radius 1 is 1.62 bits per heavy atom. The Kier molecular flexibility index (Phi) is 3.74. The molecule has 0 aromatic heterocycles. The molecule has 1 rings (SSSR count). The summed E-state index contributed by atoms with van der Waals surface area (Å²) in [5, 5.41) is 3.72. The molecule has 0 aliphatic heterocycles. The van der Waals surface area contributed by atoms with Crippen molar-refractivity contribution in [3.05, 3.63) is 0 Å². The van der Waals surface area contributed by atoms with Gasteiger partial charge in [-0.05, 0) is 32.1 Å². The number of hydrogen-bond donors (Lipinski definition) is 2. The first-order valence-corrected chi connectivity index (χ1v) is 5.62. The van der Waals surface area contributed by atoms with Crippen molar-refractivity contribution in [3.8, 4) is 0 Å². The average molecular weight is 184 g/mol. The standard InChI is InChI=1S/C11H24N2/c1-4-10(3)13-11(8-12)7-5-6-9(11)2/h9-10,13H,4-8,12H2,1-3H3. The van der Waals surface area contributed by atoms with Crippen LogP contribution in [0.4, 0.5) is 0 Å². The summed E-state index contributed by atoms with van der Waals surface area (Å²) in [4.78, 5) is 0. The van der Waals surface area contributed by atoms with E-state index < -0.39 is 0 Å². The number of rotatable bonds is 4. The van der Waals surface area contributed by atoms with E-state index >= 15 is 0 Å². The molecule has 13 heavy (non-hydrogen) atoms. The molecule has 0 saturated heterocycles. The van der Waals surface area contributed by atoms with Crippen molar-refractivity contribution in [1.82, 2.24) is 5.32 Å². The smallest absolute Gasteiger partial charge is 0.0331 e. The van der Waals surface area contributed by atoms with E-state index in [-0.39, 0.29) is 5.54 Å². The van der Waals surface area contributed by atoms with Crippen LogP contribution in [0.1, 0.15) is 46.5 Å². The number of nitrogens with two attached hydrogens (primary N) is 1. The summed E-state index contributed by atoms with van der Waals surface area (Å²) in [5.74, 6) is 0.742. The zero-order valence-corrected chi connectivity index (χ0v) is 9.27. The Hall–Kier alpha value is -0.0800. The zero-order valence-electron chi connectivity index (χ0n) is 9.27. The SMILES string of the molecule is CCC(C)NC1(CN)CCCC1C. The van der Waals surface area contributed by atoms with Gasteiger partial charge in [0.25, 0.3) is 0 Å². The summed E-state index contributed by atoms with van der Waals surface area (Å²) in [6.07, 6.45) is 5.12. The van der Waals surface area contributed by atoms with Crippen LogP contribution in [0.15, 0.2) is 0 Å². The largest absolute Gasteiger partial charge is 0.329 e. The van der Waals surface area contributed by atoms with E-state index in [0.29, 0.717) is 6.04 Å². The average Bonchev–Trinajstić information content (AvgIpc) is 2.48. The minimum atomic E-state index is 0.245. The van der Waals surface area contributed by atoms with E-state index in [2.05, 4.69) is 26.1 Å². The highest BCUT2D eigenvalue weighted by molar-refractivity contribution is 4.99. The summed E-state index contributed by atoms with van der Waals surface area (Å²) >= 11 is 0. The molecule has 2 heteroatoms. The topological polar surface area (TPSA) is 38.0 Å². The van der Waals surface area contributed by atoms with Crippen molar-refractivity contribution in [1.29, 1.82) is 0 Å². The van der Waals surface area contributed by atoms with Gasteiger partial charge in [0.2, 0.25) is 0 Å². The summed E-state index contributed by atoms with van der Waals surface area (Å²) < 4.78 is 0. The summed E-state index contributed by atoms with van der Waals surface area (Å²) in [7, 11) is 0. The molecule has 3 N–H and O–H groups in total. The van der Waals surface area contributed by atoms with Crippen molar-refractivity contribution in [2.24, 2.45) is 11.7 Å². The highest BCUT2D eigenvalue weighted by Crippen LogP contribution is 2.35. The highest BCUT2D eigenvalue weighted by Gasteiger charge is 2.39. The van der Waals surface area contributed by atoms with Gasteiger partial charge in [0.1, 0.15) is 0 Å². The lowest BCUT2D eigenvalue weighted by Crippen LogP contribution is -2.56. The predicted molar refractivity (Wildman–Crippen MR) is 57.7 cm³/mol. The van der Waals surface area contributed by atoms with E-state index in [1.807, 2.05) is 0 Å². The molecule has 3 unspecified atom stereocenters. The molecule has 0 radical (unpaired) electrons. The second-order valence-corrected chi connectivity index (χ2v) is 4.61. The first-order valence-electron chi connectivity index (χ1n) is 5.62. The van der Waals surface area contributed by atoms with Crippen molar-refractivity contribution in [2.45, 2.75) is 58.0 Å². The Bertz CT molecular complexity index is 158. The molecule has 0 aromatic rings. The molecule has 0 heterocycles. The summed E-state index contributed by atoms with van der Waals surface area (Å²) in [6.45, 7) is 7.59. The van der Waals surface area contributed by atoms with Crippen molar-refractivity contribution in [2.75, 3.05) is 6.54 Å². The van der Waals surface area contributed by atoms with E-state index in [1.54, 1.807) is 0 Å². The van der Waals surface area contributed by atoms with Crippen LogP contribution in [-0.2, 0) is 0 Å². The third kappa shape index (κ3) is 2.23. The quantitative estimate of drug-likeness (QED) is 0.700. The maximum atomic E-state index is 5.90. The van der Waals surface area contributed by atoms with Crippen LogP contribution in [0.2, 0.25) is 0 Å². The monoisotopic (exact) mass is 184 g/mol. The van der Waals surface area contributed by atoms with Crippen molar-refractivity contribution in [3.63, 3.8) is 0 Å². The Morgan fingerprint density at radius 3 is 2.69 bits per heavy atom. The van der Waals surface area contributed by atoms with Crippen LogP contribution in [0, 0.1) is 5.92 Å². The predicted octanol–water partition coefficient (Wildman–Crippen LogP) is 1.89. The number of nitrogens with one attached hydrogen (secondary N) is 1. The molecule has 0 spiro atoms. The first kappa shape index (κ1) is 11.0. The number of hydrogen-bond acceptors (Lipinski definition) is 2. The normalized spacial score (nSPS) is 36.5. The maximum Gasteiger partial charge on any atom is 0.0331 e. The lowest BCUT2D eigenvalue weighted by Gasteiger charge is -2.36. The highest BCUT2D eigenvalue weighted by atomic mass is 15.0. The van der Waals surface area contributed by atoms with Crippen LogP contribution in [0.5, 0.6) is 0 Å². The van der Waals surface area contributed by atoms with E-state index in [9.17, 15) is 0 Å². The molecule has 1 aliphatic carbocycles. The molecule has 1 aliphatic rings. The molecular formula is C11H24N2. The molecule has 3 atom stereocenters. The van der Waals surface area contributed by atoms with Crippen molar-refractivity contribution < 1.29 is 0 Å². The molecule has 0 amide bonds. The summed E-state index contributed by atoms with van der Waals surface area (Å²) in [5.41, 5.74) is 6.15.